The summed E-state index contributed by atoms with van der Waals surface area (Å²) in [5.41, 5.74) is 1.81. The van der Waals surface area contributed by atoms with Gasteiger partial charge in [-0.15, -0.1) is 0 Å². The second-order valence-electron chi connectivity index (χ2n) is 6.04. The highest BCUT2D eigenvalue weighted by atomic mass is 32.2. The standard InChI is InChI=1S/C15H20N2O3S/c1-11-3-2-4-12(7-11)10-21(19,20)16-13-8-15(18)17(9-13)14-5-6-14/h2-4,7,13-14,16H,5-6,8-10H2,1H3. The second-order valence-corrected chi connectivity index (χ2v) is 7.80. The molecule has 0 aromatic heterocycles. The van der Waals surface area contributed by atoms with Crippen molar-refractivity contribution in [2.45, 2.75) is 44.0 Å². The molecule has 1 saturated carbocycles. The molecule has 1 heterocycles. The summed E-state index contributed by atoms with van der Waals surface area (Å²) in [4.78, 5) is 13.7. The molecule has 114 valence electrons. The Morgan fingerprint density at radius 2 is 2.10 bits per heavy atom. The van der Waals surface area contributed by atoms with E-state index in [1.807, 2.05) is 36.1 Å². The van der Waals surface area contributed by atoms with E-state index in [-0.39, 0.29) is 24.1 Å². The number of carbonyl (C=O) groups excluding carboxylic acids is 1. The molecule has 6 heteroatoms. The highest BCUT2D eigenvalue weighted by Crippen LogP contribution is 2.30. The van der Waals surface area contributed by atoms with E-state index in [9.17, 15) is 13.2 Å². The topological polar surface area (TPSA) is 66.5 Å². The Morgan fingerprint density at radius 3 is 2.76 bits per heavy atom. The summed E-state index contributed by atoms with van der Waals surface area (Å²) in [6.45, 7) is 2.45. The fraction of sp³-hybridized carbons (Fsp3) is 0.533. The number of sulfonamides is 1. The van der Waals surface area contributed by atoms with Gasteiger partial charge in [0.25, 0.3) is 0 Å². The van der Waals surface area contributed by atoms with Crippen LogP contribution in [-0.2, 0) is 20.6 Å². The molecule has 1 aromatic rings. The van der Waals surface area contributed by atoms with Crippen LogP contribution in [0.1, 0.15) is 30.4 Å². The normalized spacial score (nSPS) is 22.8. The van der Waals surface area contributed by atoms with Crippen LogP contribution in [0.5, 0.6) is 0 Å². The molecule has 1 atom stereocenters. The van der Waals surface area contributed by atoms with Crippen LogP contribution in [0, 0.1) is 6.92 Å². The van der Waals surface area contributed by atoms with Crippen LogP contribution in [0.2, 0.25) is 0 Å². The number of hydrogen-bond acceptors (Lipinski definition) is 3. The SMILES string of the molecule is Cc1cccc(CS(=O)(=O)NC2CC(=O)N(C3CC3)C2)c1. The zero-order chi connectivity index (χ0) is 15.0. The van der Waals surface area contributed by atoms with Gasteiger partial charge in [0.2, 0.25) is 15.9 Å². The van der Waals surface area contributed by atoms with E-state index in [0.29, 0.717) is 12.6 Å². The molecule has 21 heavy (non-hydrogen) atoms. The summed E-state index contributed by atoms with van der Waals surface area (Å²) >= 11 is 0. The summed E-state index contributed by atoms with van der Waals surface area (Å²) in [5.74, 6) is 0.0313. The average molecular weight is 308 g/mol. The number of carbonyl (C=O) groups is 1. The monoisotopic (exact) mass is 308 g/mol. The zero-order valence-electron chi connectivity index (χ0n) is 12.1. The summed E-state index contributed by atoms with van der Waals surface area (Å²) in [6, 6.07) is 7.54. The summed E-state index contributed by atoms with van der Waals surface area (Å²) in [7, 11) is -3.42. The van der Waals surface area contributed by atoms with E-state index in [0.717, 1.165) is 24.0 Å². The van der Waals surface area contributed by atoms with Crippen molar-refractivity contribution in [2.24, 2.45) is 0 Å². The number of amides is 1. The quantitative estimate of drug-likeness (QED) is 0.888. The van der Waals surface area contributed by atoms with Crippen molar-refractivity contribution in [3.63, 3.8) is 0 Å². The van der Waals surface area contributed by atoms with Gasteiger partial charge in [0, 0.05) is 25.0 Å². The molecule has 1 aliphatic carbocycles. The van der Waals surface area contributed by atoms with Crippen molar-refractivity contribution >= 4 is 15.9 Å². The molecule has 3 rings (SSSR count). The molecule has 0 spiro atoms. The van der Waals surface area contributed by atoms with Crippen LogP contribution in [0.25, 0.3) is 0 Å². The Kier molecular flexibility index (Phi) is 3.75. The van der Waals surface area contributed by atoms with Gasteiger partial charge in [0.15, 0.2) is 0 Å². The maximum Gasteiger partial charge on any atom is 0.224 e. The molecule has 1 N–H and O–H groups in total. The molecule has 5 nitrogen and oxygen atoms in total. The fourth-order valence-electron chi connectivity index (χ4n) is 2.87. The maximum absolute atomic E-state index is 12.2. The molecule has 2 fully saturated rings. The number of nitrogens with zero attached hydrogens (tertiary/aromatic N) is 1. The van der Waals surface area contributed by atoms with Crippen LogP contribution in [-0.4, -0.2) is 37.9 Å². The first kappa shape index (κ1) is 14.5. The summed E-state index contributed by atoms with van der Waals surface area (Å²) < 4.78 is 27.1. The van der Waals surface area contributed by atoms with Gasteiger partial charge < -0.3 is 4.90 Å². The number of nitrogens with one attached hydrogen (secondary N) is 1. The van der Waals surface area contributed by atoms with Crippen LogP contribution >= 0.6 is 0 Å². The number of aryl methyl sites for hydroxylation is 1. The van der Waals surface area contributed by atoms with E-state index < -0.39 is 10.0 Å². The zero-order valence-corrected chi connectivity index (χ0v) is 12.9. The minimum atomic E-state index is -3.42. The first-order valence-corrected chi connectivity index (χ1v) is 8.93. The van der Waals surface area contributed by atoms with Crippen molar-refractivity contribution < 1.29 is 13.2 Å². The highest BCUT2D eigenvalue weighted by molar-refractivity contribution is 7.88. The van der Waals surface area contributed by atoms with Gasteiger partial charge in [0.1, 0.15) is 0 Å². The summed E-state index contributed by atoms with van der Waals surface area (Å²) in [5, 5.41) is 0. The first-order chi connectivity index (χ1) is 9.93. The molecule has 1 saturated heterocycles. The molecule has 2 aliphatic rings. The lowest BCUT2D eigenvalue weighted by Crippen LogP contribution is -2.38. The Hall–Kier alpha value is -1.40. The smallest absolute Gasteiger partial charge is 0.224 e. The molecule has 0 bridgehead atoms. The van der Waals surface area contributed by atoms with Gasteiger partial charge in [-0.1, -0.05) is 29.8 Å². The molecule has 1 aliphatic heterocycles. The predicted molar refractivity (Wildman–Crippen MR) is 80.1 cm³/mol. The lowest BCUT2D eigenvalue weighted by molar-refractivity contribution is -0.128. The average Bonchev–Trinajstić information content (AvgIpc) is 3.13. The summed E-state index contributed by atoms with van der Waals surface area (Å²) in [6.07, 6.45) is 2.38. The molecular formula is C15H20N2O3S. The fourth-order valence-corrected chi connectivity index (χ4v) is 4.23. The maximum atomic E-state index is 12.2. The third-order valence-corrected chi connectivity index (χ3v) is 5.34. The lowest BCUT2D eigenvalue weighted by Gasteiger charge is -2.16. The Labute approximate surface area is 125 Å². The molecular weight excluding hydrogens is 288 g/mol. The van der Waals surface area contributed by atoms with Gasteiger partial charge in [-0.2, -0.15) is 0 Å². The van der Waals surface area contributed by atoms with Crippen molar-refractivity contribution in [3.8, 4) is 0 Å². The lowest BCUT2D eigenvalue weighted by atomic mass is 10.2. The Bertz CT molecular complexity index is 653. The third-order valence-electron chi connectivity index (χ3n) is 3.93. The molecule has 1 unspecified atom stereocenters. The van der Waals surface area contributed by atoms with Crippen LogP contribution < -0.4 is 4.72 Å². The van der Waals surface area contributed by atoms with E-state index in [4.69, 9.17) is 0 Å². The first-order valence-electron chi connectivity index (χ1n) is 7.28. The largest absolute Gasteiger partial charge is 0.338 e. The number of benzene rings is 1. The van der Waals surface area contributed by atoms with E-state index in [1.165, 1.54) is 0 Å². The van der Waals surface area contributed by atoms with Crippen molar-refractivity contribution in [3.05, 3.63) is 35.4 Å². The van der Waals surface area contributed by atoms with Crippen molar-refractivity contribution in [1.82, 2.24) is 9.62 Å². The predicted octanol–water partition coefficient (Wildman–Crippen LogP) is 1.18. The third kappa shape index (κ3) is 3.63. The van der Waals surface area contributed by atoms with Crippen LogP contribution in [0.3, 0.4) is 0 Å². The van der Waals surface area contributed by atoms with Gasteiger partial charge in [-0.3, -0.25) is 4.79 Å². The Morgan fingerprint density at radius 1 is 1.33 bits per heavy atom. The number of hydrogen-bond donors (Lipinski definition) is 1. The second kappa shape index (κ2) is 5.42. The van der Waals surface area contributed by atoms with Crippen molar-refractivity contribution in [1.29, 1.82) is 0 Å². The van der Waals surface area contributed by atoms with Gasteiger partial charge in [-0.25, -0.2) is 13.1 Å². The minimum absolute atomic E-state index is 0.0389. The van der Waals surface area contributed by atoms with E-state index in [1.54, 1.807) is 0 Å². The molecule has 1 aromatic carbocycles. The van der Waals surface area contributed by atoms with E-state index in [2.05, 4.69) is 4.72 Å². The van der Waals surface area contributed by atoms with Crippen LogP contribution in [0.4, 0.5) is 0 Å². The van der Waals surface area contributed by atoms with Crippen molar-refractivity contribution in [2.75, 3.05) is 6.54 Å². The highest BCUT2D eigenvalue weighted by Gasteiger charge is 2.40. The van der Waals surface area contributed by atoms with Crippen LogP contribution in [0.15, 0.2) is 24.3 Å². The molecule has 1 amide bonds. The minimum Gasteiger partial charge on any atom is -0.338 e. The van der Waals surface area contributed by atoms with Gasteiger partial charge in [-0.05, 0) is 25.3 Å². The van der Waals surface area contributed by atoms with Gasteiger partial charge >= 0.3 is 0 Å². The number of rotatable bonds is 5. The Balaban J connectivity index is 1.62. The molecule has 0 radical (unpaired) electrons. The number of likely N-dealkylation sites (tertiary alicyclic amines) is 1. The van der Waals surface area contributed by atoms with Gasteiger partial charge in [0.05, 0.1) is 5.75 Å². The van der Waals surface area contributed by atoms with E-state index >= 15 is 0 Å².